The van der Waals surface area contributed by atoms with Gasteiger partial charge in [-0.15, -0.1) is 0 Å². The van der Waals surface area contributed by atoms with E-state index in [4.69, 9.17) is 4.74 Å². The number of ether oxygens (including phenoxy) is 1. The first-order valence-corrected chi connectivity index (χ1v) is 8.44. The number of hydrogen-bond donors (Lipinski definition) is 1. The van der Waals surface area contributed by atoms with E-state index >= 15 is 0 Å². The fourth-order valence-electron chi connectivity index (χ4n) is 3.37. The molecule has 128 valence electrons. The molecule has 1 fully saturated rings. The van der Waals surface area contributed by atoms with E-state index in [2.05, 4.69) is 28.7 Å². The van der Waals surface area contributed by atoms with Crippen LogP contribution in [-0.2, 0) is 11.3 Å². The number of nitrogens with one attached hydrogen (secondary N) is 1. The van der Waals surface area contributed by atoms with Crippen molar-refractivity contribution < 1.29 is 9.53 Å². The van der Waals surface area contributed by atoms with Crippen LogP contribution in [0.25, 0.3) is 0 Å². The summed E-state index contributed by atoms with van der Waals surface area (Å²) in [5, 5.41) is 2.64. The van der Waals surface area contributed by atoms with Gasteiger partial charge in [-0.05, 0) is 44.4 Å². The Morgan fingerprint density at radius 3 is 2.79 bits per heavy atom. The topological polar surface area (TPSA) is 56.2 Å². The molecule has 1 aliphatic rings. The lowest BCUT2D eigenvalue weighted by atomic mass is 9.88. The molecule has 2 heterocycles. The molecule has 1 atom stereocenters. The normalized spacial score (nSPS) is 19.9. The van der Waals surface area contributed by atoms with E-state index in [0.717, 1.165) is 37.4 Å². The van der Waals surface area contributed by atoms with Crippen LogP contribution < -0.4 is 5.32 Å². The average Bonchev–Trinajstić information content (AvgIpc) is 3.02. The van der Waals surface area contributed by atoms with Gasteiger partial charge in [0.15, 0.2) is 0 Å². The van der Waals surface area contributed by atoms with Crippen molar-refractivity contribution in [3.05, 3.63) is 53.6 Å². The summed E-state index contributed by atoms with van der Waals surface area (Å²) in [6.07, 6.45) is 5.90. The first kappa shape index (κ1) is 16.7. The molecule has 2 aromatic rings. The van der Waals surface area contributed by atoms with Crippen molar-refractivity contribution >= 4 is 5.91 Å². The largest absolute Gasteiger partial charge is 0.376 e. The fourth-order valence-corrected chi connectivity index (χ4v) is 3.37. The molecule has 3 rings (SSSR count). The van der Waals surface area contributed by atoms with Crippen LogP contribution in [-0.4, -0.2) is 34.7 Å². The predicted octanol–water partition coefficient (Wildman–Crippen LogP) is 2.96. The van der Waals surface area contributed by atoms with Gasteiger partial charge in [0.25, 0.3) is 5.91 Å². The molecule has 5 heteroatoms. The molecule has 0 aliphatic carbocycles. The summed E-state index contributed by atoms with van der Waals surface area (Å²) < 4.78 is 8.03. The summed E-state index contributed by atoms with van der Waals surface area (Å²) in [7, 11) is 1.64. The third-order valence-electron chi connectivity index (χ3n) is 4.61. The summed E-state index contributed by atoms with van der Waals surface area (Å²) in [6, 6.07) is 7.73. The summed E-state index contributed by atoms with van der Waals surface area (Å²) in [5.74, 6) is 1.49. The maximum absolute atomic E-state index is 11.6. The highest BCUT2D eigenvalue weighted by Gasteiger charge is 2.31. The van der Waals surface area contributed by atoms with Gasteiger partial charge in [0.1, 0.15) is 5.82 Å². The maximum Gasteiger partial charge on any atom is 0.251 e. The molecule has 0 unspecified atom stereocenters. The number of benzene rings is 1. The van der Waals surface area contributed by atoms with E-state index in [-0.39, 0.29) is 11.5 Å². The second-order valence-corrected chi connectivity index (χ2v) is 6.99. The first-order chi connectivity index (χ1) is 11.5. The highest BCUT2D eigenvalue weighted by atomic mass is 16.5. The van der Waals surface area contributed by atoms with E-state index in [1.807, 2.05) is 36.7 Å². The highest BCUT2D eigenvalue weighted by molar-refractivity contribution is 5.93. The van der Waals surface area contributed by atoms with Gasteiger partial charge in [0, 0.05) is 44.1 Å². The van der Waals surface area contributed by atoms with E-state index in [1.165, 1.54) is 0 Å². The van der Waals surface area contributed by atoms with Gasteiger partial charge in [-0.1, -0.05) is 12.1 Å². The first-order valence-electron chi connectivity index (χ1n) is 8.44. The number of carbonyl (C=O) groups is 1. The number of hydrogen-bond acceptors (Lipinski definition) is 3. The van der Waals surface area contributed by atoms with Gasteiger partial charge in [0.05, 0.1) is 5.60 Å². The SMILES string of the molecule is CNC(=O)c1ccc(Cn2ccnc2[C@H]2CCOC(C)(C)C2)cc1. The van der Waals surface area contributed by atoms with Crippen molar-refractivity contribution in [2.45, 2.75) is 44.8 Å². The molecule has 1 aliphatic heterocycles. The Hall–Kier alpha value is -2.14. The minimum absolute atomic E-state index is 0.0608. The number of rotatable bonds is 4. The van der Waals surface area contributed by atoms with E-state index in [0.29, 0.717) is 11.5 Å². The fraction of sp³-hybridized carbons (Fsp3) is 0.474. The summed E-state index contributed by atoms with van der Waals surface area (Å²) in [4.78, 5) is 16.2. The van der Waals surface area contributed by atoms with Crippen LogP contribution in [0, 0.1) is 0 Å². The van der Waals surface area contributed by atoms with Crippen molar-refractivity contribution in [2.24, 2.45) is 0 Å². The zero-order valence-corrected chi connectivity index (χ0v) is 14.6. The number of imidazole rings is 1. The van der Waals surface area contributed by atoms with Crippen LogP contribution in [0.5, 0.6) is 0 Å². The Morgan fingerprint density at radius 2 is 2.12 bits per heavy atom. The second-order valence-electron chi connectivity index (χ2n) is 6.99. The standard InChI is InChI=1S/C19H25N3O2/c1-19(2)12-16(8-11-24-19)17-21-9-10-22(17)13-14-4-6-15(7-5-14)18(23)20-3/h4-7,9-10,16H,8,11-13H2,1-3H3,(H,20,23)/t16-/m0/s1. The maximum atomic E-state index is 11.6. The Bertz CT molecular complexity index is 704. The Morgan fingerprint density at radius 1 is 1.38 bits per heavy atom. The number of amides is 1. The van der Waals surface area contributed by atoms with Gasteiger partial charge in [-0.3, -0.25) is 4.79 Å². The van der Waals surface area contributed by atoms with Crippen LogP contribution in [0.4, 0.5) is 0 Å². The average molecular weight is 327 g/mol. The van der Waals surface area contributed by atoms with E-state index in [1.54, 1.807) is 7.05 Å². The molecule has 0 radical (unpaired) electrons. The van der Waals surface area contributed by atoms with Gasteiger partial charge in [-0.25, -0.2) is 4.98 Å². The van der Waals surface area contributed by atoms with Crippen molar-refractivity contribution in [3.8, 4) is 0 Å². The Balaban J connectivity index is 1.75. The van der Waals surface area contributed by atoms with Crippen molar-refractivity contribution in [3.63, 3.8) is 0 Å². The quantitative estimate of drug-likeness (QED) is 0.939. The Labute approximate surface area is 143 Å². The van der Waals surface area contributed by atoms with Crippen molar-refractivity contribution in [2.75, 3.05) is 13.7 Å². The number of carbonyl (C=O) groups excluding carboxylic acids is 1. The summed E-state index contributed by atoms with van der Waals surface area (Å²) >= 11 is 0. The monoisotopic (exact) mass is 327 g/mol. The molecule has 1 aromatic carbocycles. The minimum atomic E-state index is -0.0884. The molecule has 1 amide bonds. The molecule has 1 saturated heterocycles. The minimum Gasteiger partial charge on any atom is -0.376 e. The lowest BCUT2D eigenvalue weighted by Crippen LogP contribution is -2.34. The molecule has 1 N–H and O–H groups in total. The molecule has 0 spiro atoms. The van der Waals surface area contributed by atoms with Crippen LogP contribution in [0.15, 0.2) is 36.7 Å². The molecule has 1 aromatic heterocycles. The third kappa shape index (κ3) is 3.67. The third-order valence-corrected chi connectivity index (χ3v) is 4.61. The van der Waals surface area contributed by atoms with E-state index < -0.39 is 0 Å². The number of nitrogens with zero attached hydrogens (tertiary/aromatic N) is 2. The van der Waals surface area contributed by atoms with Gasteiger partial charge in [0.2, 0.25) is 0 Å². The predicted molar refractivity (Wildman–Crippen MR) is 93.2 cm³/mol. The molecule has 5 nitrogen and oxygen atoms in total. The summed E-state index contributed by atoms with van der Waals surface area (Å²) in [5.41, 5.74) is 1.75. The zero-order valence-electron chi connectivity index (χ0n) is 14.6. The van der Waals surface area contributed by atoms with Crippen molar-refractivity contribution in [1.82, 2.24) is 14.9 Å². The van der Waals surface area contributed by atoms with Gasteiger partial charge in [-0.2, -0.15) is 0 Å². The lowest BCUT2D eigenvalue weighted by Gasteiger charge is -2.35. The van der Waals surface area contributed by atoms with Crippen LogP contribution in [0.2, 0.25) is 0 Å². The Kier molecular flexibility index (Phi) is 4.71. The number of aromatic nitrogens is 2. The molecule has 0 saturated carbocycles. The van der Waals surface area contributed by atoms with Crippen LogP contribution in [0.3, 0.4) is 0 Å². The van der Waals surface area contributed by atoms with E-state index in [9.17, 15) is 4.79 Å². The van der Waals surface area contributed by atoms with Crippen LogP contribution in [0.1, 0.15) is 54.4 Å². The van der Waals surface area contributed by atoms with Gasteiger partial charge >= 0.3 is 0 Å². The highest BCUT2D eigenvalue weighted by Crippen LogP contribution is 2.34. The second kappa shape index (κ2) is 6.77. The lowest BCUT2D eigenvalue weighted by molar-refractivity contribution is -0.0606. The van der Waals surface area contributed by atoms with Crippen LogP contribution >= 0.6 is 0 Å². The molecular weight excluding hydrogens is 302 g/mol. The van der Waals surface area contributed by atoms with Crippen molar-refractivity contribution in [1.29, 1.82) is 0 Å². The molecule has 24 heavy (non-hydrogen) atoms. The van der Waals surface area contributed by atoms with Gasteiger partial charge < -0.3 is 14.6 Å². The smallest absolute Gasteiger partial charge is 0.251 e. The molecule has 0 bridgehead atoms. The summed E-state index contributed by atoms with van der Waals surface area (Å²) in [6.45, 7) is 5.83. The zero-order chi connectivity index (χ0) is 17.2. The molecular formula is C19H25N3O2.